The van der Waals surface area contributed by atoms with Crippen molar-refractivity contribution in [2.24, 2.45) is 0 Å². The SMILES string of the molecule is O=C(COC(=O)c1cc2c(cc1[N+](=O)[O-])OCCO2)c1ccc(Cl)s1. The van der Waals surface area contributed by atoms with Crippen molar-refractivity contribution in [2.45, 2.75) is 0 Å². The fourth-order valence-electron chi connectivity index (χ4n) is 2.14. The van der Waals surface area contributed by atoms with Crippen molar-refractivity contribution in [1.82, 2.24) is 0 Å². The lowest BCUT2D eigenvalue weighted by Gasteiger charge is -2.18. The average Bonchev–Trinajstić information content (AvgIpc) is 3.04. The standard InChI is InChI=1S/C15H10ClNO7S/c16-14-2-1-13(25-14)10(18)7-24-15(19)8-5-11-12(23-4-3-22-11)6-9(8)17(20)21/h1-2,5-6H,3-4,7H2. The first-order valence-corrected chi connectivity index (χ1v) is 8.19. The molecule has 0 N–H and O–H groups in total. The predicted molar refractivity (Wildman–Crippen MR) is 88.0 cm³/mol. The fourth-order valence-corrected chi connectivity index (χ4v) is 3.10. The van der Waals surface area contributed by atoms with Crippen molar-refractivity contribution in [2.75, 3.05) is 19.8 Å². The van der Waals surface area contributed by atoms with Crippen LogP contribution in [0.15, 0.2) is 24.3 Å². The molecule has 0 fully saturated rings. The number of nitro groups is 1. The van der Waals surface area contributed by atoms with Gasteiger partial charge in [-0.15, -0.1) is 11.3 Å². The maximum Gasteiger partial charge on any atom is 0.345 e. The number of nitrogens with zero attached hydrogens (tertiary/aromatic N) is 1. The van der Waals surface area contributed by atoms with Crippen LogP contribution in [-0.4, -0.2) is 36.5 Å². The van der Waals surface area contributed by atoms with Crippen LogP contribution in [0.25, 0.3) is 0 Å². The Hall–Kier alpha value is -2.65. The van der Waals surface area contributed by atoms with Crippen molar-refractivity contribution in [3.63, 3.8) is 0 Å². The minimum absolute atomic E-state index is 0.179. The number of hydrogen-bond acceptors (Lipinski definition) is 8. The van der Waals surface area contributed by atoms with Crippen LogP contribution in [0.5, 0.6) is 11.5 Å². The highest BCUT2D eigenvalue weighted by Crippen LogP contribution is 2.36. The Labute approximate surface area is 150 Å². The highest BCUT2D eigenvalue weighted by molar-refractivity contribution is 7.18. The maximum absolute atomic E-state index is 12.2. The van der Waals surface area contributed by atoms with Crippen molar-refractivity contribution < 1.29 is 28.7 Å². The molecular formula is C15H10ClNO7S. The zero-order valence-electron chi connectivity index (χ0n) is 12.5. The van der Waals surface area contributed by atoms with Gasteiger partial charge < -0.3 is 14.2 Å². The van der Waals surface area contributed by atoms with E-state index in [1.165, 1.54) is 12.1 Å². The number of carbonyl (C=O) groups is 2. The molecule has 10 heteroatoms. The van der Waals surface area contributed by atoms with E-state index in [4.69, 9.17) is 25.8 Å². The van der Waals surface area contributed by atoms with E-state index in [1.54, 1.807) is 6.07 Å². The van der Waals surface area contributed by atoms with Gasteiger partial charge in [-0.3, -0.25) is 14.9 Å². The lowest BCUT2D eigenvalue weighted by molar-refractivity contribution is -0.385. The van der Waals surface area contributed by atoms with Crippen LogP contribution in [-0.2, 0) is 4.74 Å². The number of Topliss-reactive ketones (excluding diaryl/α,β-unsaturated/α-hetero) is 1. The minimum Gasteiger partial charge on any atom is -0.486 e. The predicted octanol–water partition coefficient (Wildman–Crippen LogP) is 3.12. The summed E-state index contributed by atoms with van der Waals surface area (Å²) >= 11 is 6.79. The lowest BCUT2D eigenvalue weighted by Crippen LogP contribution is -2.18. The molecule has 1 aliphatic heterocycles. The molecule has 0 spiro atoms. The number of hydrogen-bond donors (Lipinski definition) is 0. The summed E-state index contributed by atoms with van der Waals surface area (Å²) in [5.41, 5.74) is -0.799. The normalized spacial score (nSPS) is 12.5. The summed E-state index contributed by atoms with van der Waals surface area (Å²) in [7, 11) is 0. The van der Waals surface area contributed by atoms with Crippen LogP contribution < -0.4 is 9.47 Å². The number of rotatable bonds is 5. The number of ketones is 1. The first kappa shape index (κ1) is 17.2. The Morgan fingerprint density at radius 3 is 2.52 bits per heavy atom. The second-order valence-corrected chi connectivity index (χ2v) is 6.59. The molecule has 0 amide bonds. The molecule has 1 aromatic carbocycles. The van der Waals surface area contributed by atoms with Crippen LogP contribution in [0.2, 0.25) is 4.34 Å². The van der Waals surface area contributed by atoms with E-state index in [-0.39, 0.29) is 30.3 Å². The van der Waals surface area contributed by atoms with E-state index in [0.29, 0.717) is 9.21 Å². The molecule has 0 radical (unpaired) electrons. The number of benzene rings is 1. The molecule has 8 nitrogen and oxygen atoms in total. The summed E-state index contributed by atoms with van der Waals surface area (Å²) in [6.07, 6.45) is 0. The van der Waals surface area contributed by atoms with Crippen molar-refractivity contribution in [3.8, 4) is 11.5 Å². The second-order valence-electron chi connectivity index (χ2n) is 4.87. The number of ether oxygens (including phenoxy) is 3. The molecule has 0 aliphatic carbocycles. The van der Waals surface area contributed by atoms with Gasteiger partial charge in [0.1, 0.15) is 18.8 Å². The Morgan fingerprint density at radius 2 is 1.92 bits per heavy atom. The summed E-state index contributed by atoms with van der Waals surface area (Å²) in [5, 5.41) is 11.2. The topological polar surface area (TPSA) is 105 Å². The Morgan fingerprint density at radius 1 is 1.24 bits per heavy atom. The molecule has 0 atom stereocenters. The molecular weight excluding hydrogens is 374 g/mol. The lowest BCUT2D eigenvalue weighted by atomic mass is 10.1. The van der Waals surface area contributed by atoms with Gasteiger partial charge in [-0.1, -0.05) is 11.6 Å². The fraction of sp³-hybridized carbons (Fsp3) is 0.200. The molecule has 0 unspecified atom stereocenters. The van der Waals surface area contributed by atoms with Crippen molar-refractivity contribution in [1.29, 1.82) is 0 Å². The number of thiophene rings is 1. The van der Waals surface area contributed by atoms with Crippen molar-refractivity contribution in [3.05, 3.63) is 49.2 Å². The van der Waals surface area contributed by atoms with Crippen LogP contribution in [0.1, 0.15) is 20.0 Å². The Kier molecular flexibility index (Phi) is 4.86. The van der Waals surface area contributed by atoms with Gasteiger partial charge in [0.2, 0.25) is 5.78 Å². The van der Waals surface area contributed by atoms with E-state index < -0.39 is 29.0 Å². The molecule has 25 heavy (non-hydrogen) atoms. The third kappa shape index (κ3) is 3.72. The van der Waals surface area contributed by atoms with Crippen LogP contribution in [0.3, 0.4) is 0 Å². The monoisotopic (exact) mass is 383 g/mol. The van der Waals surface area contributed by atoms with Gasteiger partial charge in [-0.25, -0.2) is 4.79 Å². The summed E-state index contributed by atoms with van der Waals surface area (Å²) in [6, 6.07) is 5.34. The zero-order valence-corrected chi connectivity index (χ0v) is 14.1. The Bertz CT molecular complexity index is 864. The highest BCUT2D eigenvalue weighted by atomic mass is 35.5. The van der Waals surface area contributed by atoms with Crippen LogP contribution in [0, 0.1) is 10.1 Å². The quantitative estimate of drug-likeness (QED) is 0.338. The number of esters is 1. The van der Waals surface area contributed by atoms with E-state index >= 15 is 0 Å². The number of nitro benzene ring substituents is 1. The molecule has 0 bridgehead atoms. The molecule has 0 saturated heterocycles. The first-order chi connectivity index (χ1) is 12.0. The van der Waals surface area contributed by atoms with Gasteiger partial charge in [-0.05, 0) is 12.1 Å². The number of halogens is 1. The maximum atomic E-state index is 12.2. The summed E-state index contributed by atoms with van der Waals surface area (Å²) in [5.74, 6) is -1.07. The third-order valence-electron chi connectivity index (χ3n) is 3.26. The number of carbonyl (C=O) groups excluding carboxylic acids is 2. The average molecular weight is 384 g/mol. The van der Waals surface area contributed by atoms with Gasteiger partial charge in [0.15, 0.2) is 18.1 Å². The van der Waals surface area contributed by atoms with E-state index in [9.17, 15) is 19.7 Å². The van der Waals surface area contributed by atoms with E-state index in [0.717, 1.165) is 17.4 Å². The summed E-state index contributed by atoms with van der Waals surface area (Å²) in [6.45, 7) is -0.0377. The highest BCUT2D eigenvalue weighted by Gasteiger charge is 2.28. The summed E-state index contributed by atoms with van der Waals surface area (Å²) in [4.78, 5) is 34.9. The van der Waals surface area contributed by atoms with Crippen LogP contribution >= 0.6 is 22.9 Å². The van der Waals surface area contributed by atoms with Gasteiger partial charge in [0.05, 0.1) is 20.2 Å². The van der Waals surface area contributed by atoms with Gasteiger partial charge in [0.25, 0.3) is 5.69 Å². The van der Waals surface area contributed by atoms with E-state index in [2.05, 4.69) is 0 Å². The van der Waals surface area contributed by atoms with Crippen LogP contribution in [0.4, 0.5) is 5.69 Å². The molecule has 1 aromatic heterocycles. The largest absolute Gasteiger partial charge is 0.486 e. The molecule has 3 rings (SSSR count). The summed E-state index contributed by atoms with van der Waals surface area (Å²) < 4.78 is 15.9. The first-order valence-electron chi connectivity index (χ1n) is 6.99. The van der Waals surface area contributed by atoms with Crippen molar-refractivity contribution >= 4 is 40.4 Å². The molecule has 0 saturated carbocycles. The van der Waals surface area contributed by atoms with Gasteiger partial charge >= 0.3 is 5.97 Å². The minimum atomic E-state index is -1.00. The molecule has 2 heterocycles. The second kappa shape index (κ2) is 7.08. The molecule has 1 aliphatic rings. The molecule has 130 valence electrons. The Balaban J connectivity index is 1.79. The smallest absolute Gasteiger partial charge is 0.345 e. The number of fused-ring (bicyclic) bond motifs is 1. The van der Waals surface area contributed by atoms with E-state index in [1.807, 2.05) is 0 Å². The van der Waals surface area contributed by atoms with Gasteiger partial charge in [0, 0.05) is 6.07 Å². The van der Waals surface area contributed by atoms with Gasteiger partial charge in [-0.2, -0.15) is 0 Å². The molecule has 2 aromatic rings. The zero-order chi connectivity index (χ0) is 18.0. The third-order valence-corrected chi connectivity index (χ3v) is 4.53.